The molecule has 13 heavy (non-hydrogen) atoms. The lowest BCUT2D eigenvalue weighted by Gasteiger charge is -2.15. The van der Waals surface area contributed by atoms with Gasteiger partial charge in [-0.05, 0) is 37.7 Å². The second kappa shape index (κ2) is 3.70. The molecule has 2 aliphatic carbocycles. The lowest BCUT2D eigenvalue weighted by atomic mass is 9.95. The molecule has 0 aromatic rings. The van der Waals surface area contributed by atoms with Crippen molar-refractivity contribution >= 4 is 29.3 Å². The second-order valence-corrected chi connectivity index (χ2v) is 5.57. The van der Waals surface area contributed by atoms with E-state index >= 15 is 0 Å². The van der Waals surface area contributed by atoms with E-state index in [-0.39, 0.29) is 0 Å². The zero-order chi connectivity index (χ0) is 9.42. The van der Waals surface area contributed by atoms with E-state index in [0.29, 0.717) is 17.6 Å². The third-order valence-corrected chi connectivity index (χ3v) is 5.25. The minimum Gasteiger partial charge on any atom is -0.294 e. The second-order valence-electron chi connectivity index (χ2n) is 3.68. The van der Waals surface area contributed by atoms with E-state index in [1.54, 1.807) is 23.5 Å². The van der Waals surface area contributed by atoms with Crippen LogP contribution in [0.1, 0.15) is 19.3 Å². The Morgan fingerprint density at radius 1 is 1.23 bits per heavy atom. The first-order valence-corrected chi connectivity index (χ1v) is 7.09. The third-order valence-electron chi connectivity index (χ3n) is 3.07. The standard InChI is InChI=1S/C10H14OS2/c1-12-10(13-2)8-6-3-4-7(5-6)9(8)11/h6-7H,3-5H2,1-2H3. The molecule has 0 N–H and O–H groups in total. The van der Waals surface area contributed by atoms with Crippen LogP contribution in [0.4, 0.5) is 0 Å². The summed E-state index contributed by atoms with van der Waals surface area (Å²) in [5, 5.41) is 0. The fourth-order valence-electron chi connectivity index (χ4n) is 2.47. The minimum atomic E-state index is 0.384. The van der Waals surface area contributed by atoms with Gasteiger partial charge in [-0.25, -0.2) is 0 Å². The van der Waals surface area contributed by atoms with Crippen molar-refractivity contribution < 1.29 is 4.79 Å². The molecule has 0 aliphatic heterocycles. The van der Waals surface area contributed by atoms with Gasteiger partial charge in [-0.2, -0.15) is 0 Å². The van der Waals surface area contributed by atoms with E-state index in [1.807, 2.05) is 0 Å². The lowest BCUT2D eigenvalue weighted by Crippen LogP contribution is -2.13. The van der Waals surface area contributed by atoms with Gasteiger partial charge in [0.1, 0.15) is 0 Å². The maximum atomic E-state index is 11.8. The van der Waals surface area contributed by atoms with Gasteiger partial charge in [0.15, 0.2) is 5.78 Å². The Labute approximate surface area is 87.7 Å². The highest BCUT2D eigenvalue weighted by atomic mass is 32.2. The number of allylic oxidation sites excluding steroid dienone is 1. The van der Waals surface area contributed by atoms with Crippen molar-refractivity contribution in [3.63, 3.8) is 0 Å². The molecule has 2 rings (SSSR count). The van der Waals surface area contributed by atoms with Gasteiger partial charge < -0.3 is 0 Å². The summed E-state index contributed by atoms with van der Waals surface area (Å²) in [5.74, 6) is 1.44. The zero-order valence-electron chi connectivity index (χ0n) is 8.00. The van der Waals surface area contributed by atoms with Crippen LogP contribution in [-0.2, 0) is 4.79 Å². The Bertz CT molecular complexity index is 264. The monoisotopic (exact) mass is 214 g/mol. The average molecular weight is 214 g/mol. The molecule has 0 aromatic heterocycles. The van der Waals surface area contributed by atoms with Gasteiger partial charge in [-0.15, -0.1) is 23.5 Å². The summed E-state index contributed by atoms with van der Waals surface area (Å²) in [5.41, 5.74) is 1.16. The molecule has 2 atom stereocenters. The van der Waals surface area contributed by atoms with Gasteiger partial charge in [-0.1, -0.05) is 0 Å². The van der Waals surface area contributed by atoms with Crippen molar-refractivity contribution in [1.82, 2.24) is 0 Å². The molecule has 0 amide bonds. The molecule has 0 heterocycles. The summed E-state index contributed by atoms with van der Waals surface area (Å²) < 4.78 is 1.26. The number of Topliss-reactive ketones (excluding diaryl/α,β-unsaturated/α-hetero) is 1. The Morgan fingerprint density at radius 3 is 2.31 bits per heavy atom. The van der Waals surface area contributed by atoms with Gasteiger partial charge in [0.25, 0.3) is 0 Å². The summed E-state index contributed by atoms with van der Waals surface area (Å²) in [6.07, 6.45) is 7.66. The molecule has 0 saturated heterocycles. The van der Waals surface area contributed by atoms with Crippen molar-refractivity contribution in [2.45, 2.75) is 19.3 Å². The number of carbonyl (C=O) groups is 1. The van der Waals surface area contributed by atoms with Crippen LogP contribution < -0.4 is 0 Å². The van der Waals surface area contributed by atoms with Crippen LogP contribution in [0.15, 0.2) is 9.81 Å². The number of hydrogen-bond donors (Lipinski definition) is 0. The molecule has 0 spiro atoms. The van der Waals surface area contributed by atoms with Crippen LogP contribution in [0.5, 0.6) is 0 Å². The van der Waals surface area contributed by atoms with Gasteiger partial charge >= 0.3 is 0 Å². The number of thioether (sulfide) groups is 2. The average Bonchev–Trinajstić information content (AvgIpc) is 2.70. The molecule has 1 nitrogen and oxygen atoms in total. The molecular weight excluding hydrogens is 200 g/mol. The van der Waals surface area contributed by atoms with Crippen LogP contribution in [0.25, 0.3) is 0 Å². The minimum absolute atomic E-state index is 0.384. The molecule has 72 valence electrons. The van der Waals surface area contributed by atoms with Crippen molar-refractivity contribution in [2.24, 2.45) is 11.8 Å². The molecule has 3 heteroatoms. The normalized spacial score (nSPS) is 31.5. The smallest absolute Gasteiger partial charge is 0.163 e. The number of rotatable bonds is 2. The summed E-state index contributed by atoms with van der Waals surface area (Å²) in [6, 6.07) is 0. The number of hydrogen-bond acceptors (Lipinski definition) is 3. The summed E-state index contributed by atoms with van der Waals surface area (Å²) in [7, 11) is 0. The summed E-state index contributed by atoms with van der Waals surface area (Å²) in [4.78, 5) is 11.8. The molecular formula is C10H14OS2. The van der Waals surface area contributed by atoms with Crippen molar-refractivity contribution in [3.8, 4) is 0 Å². The first-order valence-electron chi connectivity index (χ1n) is 4.64. The first-order chi connectivity index (χ1) is 6.27. The van der Waals surface area contributed by atoms with Crippen LogP contribution in [0.3, 0.4) is 0 Å². The summed E-state index contributed by atoms with van der Waals surface area (Å²) in [6.45, 7) is 0. The fourth-order valence-corrected chi connectivity index (χ4v) is 4.11. The van der Waals surface area contributed by atoms with E-state index in [9.17, 15) is 4.79 Å². The Kier molecular flexibility index (Phi) is 2.75. The van der Waals surface area contributed by atoms with Gasteiger partial charge in [0.2, 0.25) is 0 Å². The fraction of sp³-hybridized carbons (Fsp3) is 0.700. The van der Waals surface area contributed by atoms with Gasteiger partial charge in [0, 0.05) is 15.7 Å². The van der Waals surface area contributed by atoms with E-state index in [2.05, 4.69) is 12.5 Å². The SMILES string of the molecule is CSC(SC)=C1C(=O)C2CCC1C2. The van der Waals surface area contributed by atoms with Gasteiger partial charge in [-0.3, -0.25) is 4.79 Å². The number of fused-ring (bicyclic) bond motifs is 2. The highest BCUT2D eigenvalue weighted by molar-refractivity contribution is 8.21. The molecule has 2 fully saturated rings. The van der Waals surface area contributed by atoms with Crippen LogP contribution >= 0.6 is 23.5 Å². The topological polar surface area (TPSA) is 17.1 Å². The van der Waals surface area contributed by atoms with Crippen LogP contribution in [0.2, 0.25) is 0 Å². The highest BCUT2D eigenvalue weighted by Crippen LogP contribution is 2.49. The van der Waals surface area contributed by atoms with E-state index in [1.165, 1.54) is 10.7 Å². The Morgan fingerprint density at radius 2 is 1.85 bits per heavy atom. The Balaban J connectivity index is 2.33. The number of carbonyl (C=O) groups excluding carboxylic acids is 1. The van der Waals surface area contributed by atoms with Crippen LogP contribution in [-0.4, -0.2) is 18.3 Å². The quantitative estimate of drug-likeness (QED) is 0.658. The van der Waals surface area contributed by atoms with Crippen LogP contribution in [0, 0.1) is 11.8 Å². The van der Waals surface area contributed by atoms with Crippen molar-refractivity contribution in [3.05, 3.63) is 9.81 Å². The summed E-state index contributed by atoms with van der Waals surface area (Å²) >= 11 is 3.46. The molecule has 2 bridgehead atoms. The zero-order valence-corrected chi connectivity index (χ0v) is 9.63. The van der Waals surface area contributed by atoms with E-state index in [4.69, 9.17) is 0 Å². The third kappa shape index (κ3) is 1.46. The molecule has 2 unspecified atom stereocenters. The van der Waals surface area contributed by atoms with Crippen molar-refractivity contribution in [1.29, 1.82) is 0 Å². The lowest BCUT2D eigenvalue weighted by molar-refractivity contribution is -0.118. The largest absolute Gasteiger partial charge is 0.294 e. The molecule has 0 aromatic carbocycles. The van der Waals surface area contributed by atoms with Gasteiger partial charge in [0.05, 0.1) is 0 Å². The maximum absolute atomic E-state index is 11.8. The highest BCUT2D eigenvalue weighted by Gasteiger charge is 2.43. The molecule has 0 radical (unpaired) electrons. The predicted molar refractivity (Wildman–Crippen MR) is 59.9 cm³/mol. The van der Waals surface area contributed by atoms with E-state index in [0.717, 1.165) is 18.4 Å². The predicted octanol–water partition coefficient (Wildman–Crippen LogP) is 2.92. The first kappa shape index (κ1) is 9.66. The molecule has 2 aliphatic rings. The Hall–Kier alpha value is 0.110. The van der Waals surface area contributed by atoms with Crippen molar-refractivity contribution in [2.75, 3.05) is 12.5 Å². The maximum Gasteiger partial charge on any atom is 0.163 e. The van der Waals surface area contributed by atoms with E-state index < -0.39 is 0 Å². The number of ketones is 1. The molecule has 2 saturated carbocycles.